The summed E-state index contributed by atoms with van der Waals surface area (Å²) in [7, 11) is 0. The number of benzene rings is 3. The summed E-state index contributed by atoms with van der Waals surface area (Å²) in [5.41, 5.74) is 5.99. The molecule has 178 valence electrons. The molecular weight excluding hydrogens is 452 g/mol. The molecule has 0 saturated carbocycles. The van der Waals surface area contributed by atoms with E-state index < -0.39 is 6.17 Å². The Morgan fingerprint density at radius 2 is 1.64 bits per heavy atom. The quantitative estimate of drug-likeness (QED) is 0.480. The highest BCUT2D eigenvalue weighted by atomic mass is 16.2. The van der Waals surface area contributed by atoms with Crippen molar-refractivity contribution < 1.29 is 14.4 Å². The zero-order valence-corrected chi connectivity index (χ0v) is 19.6. The second-order valence-electron chi connectivity index (χ2n) is 9.59. The van der Waals surface area contributed by atoms with Gasteiger partial charge >= 0.3 is 0 Å². The van der Waals surface area contributed by atoms with Gasteiger partial charge in [0.15, 0.2) is 0 Å². The second-order valence-corrected chi connectivity index (χ2v) is 9.59. The summed E-state index contributed by atoms with van der Waals surface area (Å²) in [5, 5.41) is 1.16. The summed E-state index contributed by atoms with van der Waals surface area (Å²) >= 11 is 0. The smallest absolute Gasteiger partial charge is 0.260 e. The molecule has 7 nitrogen and oxygen atoms in total. The molecule has 0 radical (unpaired) electrons. The molecule has 7 heteroatoms. The lowest BCUT2D eigenvalue weighted by molar-refractivity contribution is -0.132. The van der Waals surface area contributed by atoms with Gasteiger partial charge in [-0.2, -0.15) is 0 Å². The first-order valence-corrected chi connectivity index (χ1v) is 12.3. The number of amides is 3. The first-order valence-electron chi connectivity index (χ1n) is 12.3. The monoisotopic (exact) mass is 476 g/mol. The van der Waals surface area contributed by atoms with Crippen LogP contribution >= 0.6 is 0 Å². The van der Waals surface area contributed by atoms with E-state index in [1.54, 1.807) is 28.0 Å². The number of para-hydroxylation sites is 2. The topological polar surface area (TPSA) is 76.7 Å². The first-order chi connectivity index (χ1) is 17.6. The van der Waals surface area contributed by atoms with Gasteiger partial charge < -0.3 is 14.8 Å². The molecule has 1 aromatic heterocycles. The SMILES string of the molecule is O=C(CCN1C(=O)c2ccccc2N2C(=O)c3ccccc3[C@@H]12)N1CCc2[nH]c3ccccc3c2C1. The third kappa shape index (κ3) is 2.95. The van der Waals surface area contributed by atoms with E-state index in [-0.39, 0.29) is 30.7 Å². The highest BCUT2D eigenvalue weighted by Crippen LogP contribution is 2.45. The van der Waals surface area contributed by atoms with Crippen LogP contribution in [0, 0.1) is 0 Å². The van der Waals surface area contributed by atoms with Crippen molar-refractivity contribution in [3.8, 4) is 0 Å². The molecule has 7 rings (SSSR count). The van der Waals surface area contributed by atoms with Crippen LogP contribution < -0.4 is 4.90 Å². The average Bonchev–Trinajstić information content (AvgIpc) is 3.44. The predicted octanol–water partition coefficient (Wildman–Crippen LogP) is 4.26. The van der Waals surface area contributed by atoms with E-state index in [4.69, 9.17) is 0 Å². The average molecular weight is 477 g/mol. The maximum Gasteiger partial charge on any atom is 0.260 e. The van der Waals surface area contributed by atoms with Crippen LogP contribution in [0.4, 0.5) is 5.69 Å². The van der Waals surface area contributed by atoms with Crippen LogP contribution in [0.5, 0.6) is 0 Å². The highest BCUT2D eigenvalue weighted by Gasteiger charge is 2.47. The van der Waals surface area contributed by atoms with Crippen LogP contribution in [0.1, 0.15) is 50.1 Å². The summed E-state index contributed by atoms with van der Waals surface area (Å²) in [4.78, 5) is 49.1. The Kier molecular flexibility index (Phi) is 4.54. The van der Waals surface area contributed by atoms with Crippen LogP contribution in [0.2, 0.25) is 0 Å². The minimum absolute atomic E-state index is 0.0155. The van der Waals surface area contributed by atoms with E-state index in [2.05, 4.69) is 17.1 Å². The van der Waals surface area contributed by atoms with Crippen LogP contribution in [0.25, 0.3) is 10.9 Å². The third-order valence-electron chi connectivity index (χ3n) is 7.68. The van der Waals surface area contributed by atoms with E-state index in [1.165, 1.54) is 11.3 Å². The van der Waals surface area contributed by atoms with E-state index >= 15 is 0 Å². The molecule has 0 bridgehead atoms. The summed E-state index contributed by atoms with van der Waals surface area (Å²) in [6.07, 6.45) is 0.446. The number of aromatic nitrogens is 1. The van der Waals surface area contributed by atoms with Crippen molar-refractivity contribution in [2.45, 2.75) is 25.6 Å². The van der Waals surface area contributed by atoms with Gasteiger partial charge in [-0.1, -0.05) is 48.5 Å². The van der Waals surface area contributed by atoms with E-state index in [9.17, 15) is 14.4 Å². The van der Waals surface area contributed by atoms with E-state index in [1.807, 2.05) is 47.4 Å². The number of hydrogen-bond donors (Lipinski definition) is 1. The molecule has 4 aromatic rings. The molecule has 1 atom stereocenters. The molecule has 4 heterocycles. The molecule has 0 fully saturated rings. The number of H-pyrrole nitrogens is 1. The van der Waals surface area contributed by atoms with E-state index in [0.717, 1.165) is 22.9 Å². The number of hydrogen-bond acceptors (Lipinski definition) is 3. The minimum atomic E-state index is -0.537. The number of aromatic amines is 1. The summed E-state index contributed by atoms with van der Waals surface area (Å²) in [6, 6.07) is 22.8. The van der Waals surface area contributed by atoms with Gasteiger partial charge in [-0.15, -0.1) is 0 Å². The Bertz CT molecular complexity index is 1570. The van der Waals surface area contributed by atoms with Gasteiger partial charge in [-0.3, -0.25) is 19.3 Å². The molecule has 3 aliphatic rings. The molecule has 3 aromatic carbocycles. The molecule has 0 aliphatic carbocycles. The maximum absolute atomic E-state index is 13.6. The molecule has 3 aliphatic heterocycles. The van der Waals surface area contributed by atoms with Crippen molar-refractivity contribution in [3.05, 3.63) is 101 Å². The number of carbonyl (C=O) groups excluding carboxylic acids is 3. The minimum Gasteiger partial charge on any atom is -0.358 e. The maximum atomic E-state index is 13.6. The van der Waals surface area contributed by atoms with Gasteiger partial charge in [0.25, 0.3) is 11.8 Å². The van der Waals surface area contributed by atoms with Crippen LogP contribution in [-0.4, -0.2) is 45.6 Å². The Hall–Kier alpha value is -4.39. The molecule has 3 amide bonds. The van der Waals surface area contributed by atoms with Crippen LogP contribution in [-0.2, 0) is 17.8 Å². The highest BCUT2D eigenvalue weighted by molar-refractivity contribution is 6.16. The van der Waals surface area contributed by atoms with Crippen molar-refractivity contribution in [3.63, 3.8) is 0 Å². The predicted molar refractivity (Wildman–Crippen MR) is 136 cm³/mol. The fraction of sp³-hybridized carbons (Fsp3) is 0.207. The number of nitrogens with one attached hydrogen (secondary N) is 1. The van der Waals surface area contributed by atoms with E-state index in [0.29, 0.717) is 29.9 Å². The fourth-order valence-electron chi connectivity index (χ4n) is 5.95. The standard InChI is InChI=1S/C29H24N4O3/c34-26(31-15-13-24-22(17-31)18-7-3-5-11-23(18)30-24)14-16-32-27-19-8-1-2-9-20(19)29(36)33(27)25-12-6-4-10-21(25)28(32)35/h1-12,27,30H,13-17H2/t27-/m0/s1. The lowest BCUT2D eigenvalue weighted by Gasteiger charge is -2.41. The summed E-state index contributed by atoms with van der Waals surface area (Å²) in [5.74, 6) is -0.252. The van der Waals surface area contributed by atoms with Crippen molar-refractivity contribution in [2.75, 3.05) is 18.0 Å². The zero-order valence-electron chi connectivity index (χ0n) is 19.6. The number of anilines is 1. The summed E-state index contributed by atoms with van der Waals surface area (Å²) in [6.45, 7) is 1.45. The van der Waals surface area contributed by atoms with Gasteiger partial charge in [-0.25, -0.2) is 0 Å². The van der Waals surface area contributed by atoms with Crippen molar-refractivity contribution in [2.24, 2.45) is 0 Å². The first kappa shape index (κ1) is 20.9. The van der Waals surface area contributed by atoms with Crippen molar-refractivity contribution >= 4 is 34.3 Å². The fourth-order valence-corrected chi connectivity index (χ4v) is 5.95. The molecule has 0 unspecified atom stereocenters. The van der Waals surface area contributed by atoms with Gasteiger partial charge in [0.2, 0.25) is 5.91 Å². The number of fused-ring (bicyclic) bond motifs is 8. The Balaban J connectivity index is 1.17. The third-order valence-corrected chi connectivity index (χ3v) is 7.68. The molecule has 36 heavy (non-hydrogen) atoms. The largest absolute Gasteiger partial charge is 0.358 e. The molecule has 0 saturated heterocycles. The number of carbonyl (C=O) groups is 3. The molecule has 1 N–H and O–H groups in total. The van der Waals surface area contributed by atoms with Gasteiger partial charge in [0.05, 0.1) is 11.3 Å². The normalized spacial score (nSPS) is 18.2. The molecular formula is C29H24N4O3. The Labute approximate surface area is 207 Å². The van der Waals surface area contributed by atoms with Crippen molar-refractivity contribution in [1.29, 1.82) is 0 Å². The van der Waals surface area contributed by atoms with Gasteiger partial charge in [0, 0.05) is 65.8 Å². The van der Waals surface area contributed by atoms with Crippen LogP contribution in [0.15, 0.2) is 72.8 Å². The van der Waals surface area contributed by atoms with Gasteiger partial charge in [-0.05, 0) is 24.3 Å². The Morgan fingerprint density at radius 1 is 0.889 bits per heavy atom. The lowest BCUT2D eigenvalue weighted by atomic mass is 10.0. The van der Waals surface area contributed by atoms with Crippen LogP contribution in [0.3, 0.4) is 0 Å². The van der Waals surface area contributed by atoms with Crippen molar-refractivity contribution in [1.82, 2.24) is 14.8 Å². The van der Waals surface area contributed by atoms with Gasteiger partial charge in [0.1, 0.15) is 6.17 Å². The number of rotatable bonds is 3. The molecule has 0 spiro atoms. The number of nitrogens with zero attached hydrogens (tertiary/aromatic N) is 3. The Morgan fingerprint density at radius 3 is 2.53 bits per heavy atom. The lowest BCUT2D eigenvalue weighted by Crippen LogP contribution is -2.49. The zero-order chi connectivity index (χ0) is 24.4. The summed E-state index contributed by atoms with van der Waals surface area (Å²) < 4.78 is 0. The second kappa shape index (κ2) is 7.81.